The standard InChI is InChI=1S/C13H17NO2/c1-10(14-5-2-6-14)7-11-3-4-12-13(8-11)16-9-15-12/h3-4,8,10H,2,5-7,9H2,1H3. The molecule has 16 heavy (non-hydrogen) atoms. The number of likely N-dealkylation sites (tertiary alicyclic amines) is 1. The van der Waals surface area contributed by atoms with Crippen molar-refractivity contribution in [1.82, 2.24) is 4.90 Å². The second-order valence-electron chi connectivity index (χ2n) is 4.63. The van der Waals surface area contributed by atoms with Crippen molar-refractivity contribution in [3.05, 3.63) is 23.8 Å². The van der Waals surface area contributed by atoms with Crippen molar-refractivity contribution in [2.75, 3.05) is 19.9 Å². The topological polar surface area (TPSA) is 21.7 Å². The van der Waals surface area contributed by atoms with Crippen LogP contribution in [0.3, 0.4) is 0 Å². The van der Waals surface area contributed by atoms with Gasteiger partial charge >= 0.3 is 0 Å². The molecule has 1 atom stereocenters. The van der Waals surface area contributed by atoms with Crippen LogP contribution in [0.1, 0.15) is 18.9 Å². The number of rotatable bonds is 3. The smallest absolute Gasteiger partial charge is 0.231 e. The highest BCUT2D eigenvalue weighted by atomic mass is 16.7. The van der Waals surface area contributed by atoms with Crippen molar-refractivity contribution >= 4 is 0 Å². The van der Waals surface area contributed by atoms with Gasteiger partial charge in [0, 0.05) is 6.04 Å². The van der Waals surface area contributed by atoms with Gasteiger partial charge in [-0.25, -0.2) is 0 Å². The summed E-state index contributed by atoms with van der Waals surface area (Å²) in [5.41, 5.74) is 1.34. The Morgan fingerprint density at radius 1 is 1.25 bits per heavy atom. The zero-order chi connectivity index (χ0) is 11.0. The Kier molecular flexibility index (Phi) is 2.48. The Morgan fingerprint density at radius 2 is 2.06 bits per heavy atom. The minimum atomic E-state index is 0.362. The van der Waals surface area contributed by atoms with E-state index < -0.39 is 0 Å². The average Bonchev–Trinajstić information content (AvgIpc) is 2.61. The fourth-order valence-corrected chi connectivity index (χ4v) is 2.32. The van der Waals surface area contributed by atoms with Gasteiger partial charge < -0.3 is 14.4 Å². The van der Waals surface area contributed by atoms with Crippen LogP contribution in [0.25, 0.3) is 0 Å². The normalized spacial score (nSPS) is 20.6. The Labute approximate surface area is 96.0 Å². The van der Waals surface area contributed by atoms with Crippen molar-refractivity contribution in [2.24, 2.45) is 0 Å². The fraction of sp³-hybridized carbons (Fsp3) is 0.538. The minimum Gasteiger partial charge on any atom is -0.454 e. The zero-order valence-electron chi connectivity index (χ0n) is 9.61. The SMILES string of the molecule is CC(Cc1ccc2c(c1)OCO2)N1CCC1. The molecule has 0 amide bonds. The van der Waals surface area contributed by atoms with Crippen LogP contribution >= 0.6 is 0 Å². The molecule has 0 aliphatic carbocycles. The molecular formula is C13H17NO2. The summed E-state index contributed by atoms with van der Waals surface area (Å²) in [5, 5.41) is 0. The maximum Gasteiger partial charge on any atom is 0.231 e. The predicted molar refractivity (Wildman–Crippen MR) is 61.9 cm³/mol. The molecule has 2 aliphatic rings. The largest absolute Gasteiger partial charge is 0.454 e. The third kappa shape index (κ3) is 1.76. The van der Waals surface area contributed by atoms with E-state index in [4.69, 9.17) is 9.47 Å². The van der Waals surface area contributed by atoms with E-state index in [0.29, 0.717) is 12.8 Å². The lowest BCUT2D eigenvalue weighted by Gasteiger charge is -2.36. The van der Waals surface area contributed by atoms with Crippen molar-refractivity contribution in [3.63, 3.8) is 0 Å². The minimum absolute atomic E-state index is 0.362. The molecule has 0 saturated carbocycles. The van der Waals surface area contributed by atoms with Gasteiger partial charge in [-0.1, -0.05) is 6.07 Å². The number of nitrogens with zero attached hydrogens (tertiary/aromatic N) is 1. The number of hydrogen-bond acceptors (Lipinski definition) is 3. The summed E-state index contributed by atoms with van der Waals surface area (Å²) < 4.78 is 10.7. The molecule has 1 unspecified atom stereocenters. The lowest BCUT2D eigenvalue weighted by Crippen LogP contribution is -2.44. The molecule has 3 heteroatoms. The van der Waals surface area contributed by atoms with Crippen LogP contribution in [0.4, 0.5) is 0 Å². The molecule has 86 valence electrons. The second-order valence-corrected chi connectivity index (χ2v) is 4.63. The van der Waals surface area contributed by atoms with Gasteiger partial charge in [-0.3, -0.25) is 0 Å². The van der Waals surface area contributed by atoms with E-state index in [2.05, 4.69) is 24.0 Å². The monoisotopic (exact) mass is 219 g/mol. The summed E-state index contributed by atoms with van der Waals surface area (Å²) in [6, 6.07) is 6.90. The molecule has 0 aromatic heterocycles. The van der Waals surface area contributed by atoms with Gasteiger partial charge in [0.05, 0.1) is 0 Å². The summed E-state index contributed by atoms with van der Waals surface area (Å²) in [6.07, 6.45) is 2.45. The van der Waals surface area contributed by atoms with Gasteiger partial charge in [0.2, 0.25) is 6.79 Å². The lowest BCUT2D eigenvalue weighted by molar-refractivity contribution is 0.128. The Balaban J connectivity index is 1.69. The summed E-state index contributed by atoms with van der Waals surface area (Å²) in [6.45, 7) is 5.17. The molecule has 2 heterocycles. The van der Waals surface area contributed by atoms with Crippen LogP contribution in [0, 0.1) is 0 Å². The van der Waals surface area contributed by atoms with Gasteiger partial charge in [0.15, 0.2) is 11.5 Å². The molecule has 0 N–H and O–H groups in total. The van der Waals surface area contributed by atoms with Crippen LogP contribution in [-0.2, 0) is 6.42 Å². The Morgan fingerprint density at radius 3 is 2.81 bits per heavy atom. The van der Waals surface area contributed by atoms with Crippen LogP contribution in [0.15, 0.2) is 18.2 Å². The molecule has 1 aromatic carbocycles. The molecule has 1 saturated heterocycles. The first kappa shape index (κ1) is 9.97. The molecule has 0 radical (unpaired) electrons. The lowest BCUT2D eigenvalue weighted by atomic mass is 10.0. The average molecular weight is 219 g/mol. The summed E-state index contributed by atoms with van der Waals surface area (Å²) in [7, 11) is 0. The van der Waals surface area contributed by atoms with E-state index in [1.54, 1.807) is 0 Å². The summed E-state index contributed by atoms with van der Waals surface area (Å²) >= 11 is 0. The maximum absolute atomic E-state index is 5.39. The fourth-order valence-electron chi connectivity index (χ4n) is 2.32. The molecule has 0 bridgehead atoms. The molecular weight excluding hydrogens is 202 g/mol. The second kappa shape index (κ2) is 3.98. The number of hydrogen-bond donors (Lipinski definition) is 0. The van der Waals surface area contributed by atoms with E-state index in [-0.39, 0.29) is 0 Å². The van der Waals surface area contributed by atoms with Gasteiger partial charge in [0.1, 0.15) is 0 Å². The quantitative estimate of drug-likeness (QED) is 0.776. The Bertz CT molecular complexity index is 388. The van der Waals surface area contributed by atoms with Crippen LogP contribution in [0.2, 0.25) is 0 Å². The van der Waals surface area contributed by atoms with Crippen molar-refractivity contribution in [3.8, 4) is 11.5 Å². The molecule has 3 rings (SSSR count). The first-order valence-corrected chi connectivity index (χ1v) is 5.95. The molecule has 1 aromatic rings. The summed E-state index contributed by atoms with van der Waals surface area (Å²) in [4.78, 5) is 2.52. The zero-order valence-corrected chi connectivity index (χ0v) is 9.61. The first-order chi connectivity index (χ1) is 7.83. The number of benzene rings is 1. The molecule has 1 fully saturated rings. The third-order valence-corrected chi connectivity index (χ3v) is 3.48. The van der Waals surface area contributed by atoms with Crippen LogP contribution in [-0.4, -0.2) is 30.8 Å². The number of ether oxygens (including phenoxy) is 2. The first-order valence-electron chi connectivity index (χ1n) is 5.95. The molecule has 2 aliphatic heterocycles. The van der Waals surface area contributed by atoms with Crippen molar-refractivity contribution in [1.29, 1.82) is 0 Å². The van der Waals surface area contributed by atoms with E-state index >= 15 is 0 Å². The molecule has 3 nitrogen and oxygen atoms in total. The van der Waals surface area contributed by atoms with Crippen LogP contribution < -0.4 is 9.47 Å². The van der Waals surface area contributed by atoms with Crippen molar-refractivity contribution in [2.45, 2.75) is 25.8 Å². The van der Waals surface area contributed by atoms with E-state index in [9.17, 15) is 0 Å². The van der Waals surface area contributed by atoms with Gasteiger partial charge in [-0.15, -0.1) is 0 Å². The molecule has 0 spiro atoms. The van der Waals surface area contributed by atoms with E-state index in [1.165, 1.54) is 25.1 Å². The third-order valence-electron chi connectivity index (χ3n) is 3.48. The van der Waals surface area contributed by atoms with Gasteiger partial charge in [0.25, 0.3) is 0 Å². The van der Waals surface area contributed by atoms with Gasteiger partial charge in [-0.05, 0) is 50.6 Å². The van der Waals surface area contributed by atoms with Crippen molar-refractivity contribution < 1.29 is 9.47 Å². The highest BCUT2D eigenvalue weighted by molar-refractivity contribution is 5.44. The summed E-state index contributed by atoms with van der Waals surface area (Å²) in [5.74, 6) is 1.77. The van der Waals surface area contributed by atoms with Gasteiger partial charge in [-0.2, -0.15) is 0 Å². The van der Waals surface area contributed by atoms with Crippen LogP contribution in [0.5, 0.6) is 11.5 Å². The van der Waals surface area contributed by atoms with E-state index in [0.717, 1.165) is 17.9 Å². The number of fused-ring (bicyclic) bond motifs is 1. The highest BCUT2D eigenvalue weighted by Crippen LogP contribution is 2.33. The van der Waals surface area contributed by atoms with E-state index in [1.807, 2.05) is 6.07 Å². The maximum atomic E-state index is 5.39. The Hall–Kier alpha value is -1.22. The predicted octanol–water partition coefficient (Wildman–Crippen LogP) is 2.05. The highest BCUT2D eigenvalue weighted by Gasteiger charge is 2.21.